The molecule has 0 aromatic heterocycles. The van der Waals surface area contributed by atoms with Crippen molar-refractivity contribution in [1.29, 1.82) is 5.41 Å². The average Bonchev–Trinajstić information content (AvgIpc) is 3.07. The Morgan fingerprint density at radius 1 is 1.00 bits per heavy atom. The predicted octanol–water partition coefficient (Wildman–Crippen LogP) is 5.35. The summed E-state index contributed by atoms with van der Waals surface area (Å²) < 4.78 is 0. The number of nitrogens with two attached hydrogens (primary N) is 1. The minimum absolute atomic E-state index is 0.0614. The van der Waals surface area contributed by atoms with Gasteiger partial charge in [0, 0.05) is 5.56 Å². The van der Waals surface area contributed by atoms with Crippen LogP contribution in [-0.4, -0.2) is 5.96 Å². The Morgan fingerprint density at radius 3 is 2.46 bits per heavy atom. The summed E-state index contributed by atoms with van der Waals surface area (Å²) in [4.78, 5) is 1.88. The highest BCUT2D eigenvalue weighted by atomic mass is 15.2. The zero-order valence-corrected chi connectivity index (χ0v) is 15.2. The van der Waals surface area contributed by atoms with Gasteiger partial charge in [-0.05, 0) is 39.4 Å². The van der Waals surface area contributed by atoms with Crippen LogP contribution in [-0.2, 0) is 6.54 Å². The van der Waals surface area contributed by atoms with Gasteiger partial charge in [-0.25, -0.2) is 0 Å². The third-order valence-corrected chi connectivity index (χ3v) is 5.09. The molecule has 0 unspecified atom stereocenters. The summed E-state index contributed by atoms with van der Waals surface area (Å²) in [5.41, 5.74) is 11.8. The number of hydrogen-bond acceptors (Lipinski definition) is 1. The van der Waals surface area contributed by atoms with Gasteiger partial charge in [0.2, 0.25) is 0 Å². The van der Waals surface area contributed by atoms with Crippen LogP contribution in [0.2, 0.25) is 0 Å². The van der Waals surface area contributed by atoms with Crippen molar-refractivity contribution in [3.63, 3.8) is 0 Å². The van der Waals surface area contributed by atoms with E-state index in [1.165, 1.54) is 21.9 Å². The quantitative estimate of drug-likeness (QED) is 0.388. The van der Waals surface area contributed by atoms with Crippen LogP contribution >= 0.6 is 0 Å². The van der Waals surface area contributed by atoms with Crippen LogP contribution in [0.3, 0.4) is 0 Å². The maximum Gasteiger partial charge on any atom is 0.193 e. The topological polar surface area (TPSA) is 53.1 Å². The normalized spacial score (nSPS) is 12.1. The average molecular weight is 341 g/mol. The molecule has 1 aliphatic rings. The molecule has 0 aliphatic heterocycles. The second-order valence-electron chi connectivity index (χ2n) is 7.14. The fraction of sp³-hybridized carbons (Fsp3) is 0.174. The summed E-state index contributed by atoms with van der Waals surface area (Å²) in [6.45, 7) is 4.97. The third-order valence-electron chi connectivity index (χ3n) is 5.09. The summed E-state index contributed by atoms with van der Waals surface area (Å²) in [6.07, 6.45) is 4.27. The number of rotatable bonds is 4. The highest BCUT2D eigenvalue weighted by molar-refractivity contribution is 6.10. The lowest BCUT2D eigenvalue weighted by Gasteiger charge is -2.25. The first-order valence-electron chi connectivity index (χ1n) is 8.99. The van der Waals surface area contributed by atoms with Crippen LogP contribution in [0.25, 0.3) is 22.9 Å². The van der Waals surface area contributed by atoms with Crippen molar-refractivity contribution in [2.75, 3.05) is 4.90 Å². The van der Waals surface area contributed by atoms with Crippen molar-refractivity contribution in [1.82, 2.24) is 0 Å². The van der Waals surface area contributed by atoms with E-state index >= 15 is 0 Å². The van der Waals surface area contributed by atoms with E-state index in [1.54, 1.807) is 0 Å². The van der Waals surface area contributed by atoms with E-state index < -0.39 is 0 Å². The van der Waals surface area contributed by atoms with E-state index in [9.17, 15) is 0 Å². The molecule has 0 saturated carbocycles. The highest BCUT2D eigenvalue weighted by Gasteiger charge is 2.19. The van der Waals surface area contributed by atoms with Crippen LogP contribution in [0.15, 0.2) is 54.6 Å². The minimum Gasteiger partial charge on any atom is -0.370 e. The fourth-order valence-electron chi connectivity index (χ4n) is 3.63. The van der Waals surface area contributed by atoms with Gasteiger partial charge in [0.25, 0.3) is 0 Å². The van der Waals surface area contributed by atoms with Crippen molar-refractivity contribution < 1.29 is 0 Å². The van der Waals surface area contributed by atoms with E-state index in [1.807, 2.05) is 4.90 Å². The molecule has 0 radical (unpaired) electrons. The zero-order chi connectivity index (χ0) is 18.3. The van der Waals surface area contributed by atoms with Gasteiger partial charge in [-0.3, -0.25) is 5.41 Å². The van der Waals surface area contributed by atoms with E-state index in [2.05, 4.69) is 80.6 Å². The van der Waals surface area contributed by atoms with Crippen molar-refractivity contribution in [2.45, 2.75) is 26.3 Å². The first-order chi connectivity index (χ1) is 12.5. The number of hydrogen-bond donors (Lipinski definition) is 2. The number of benzene rings is 3. The lowest BCUT2D eigenvalue weighted by atomic mass is 10.0. The van der Waals surface area contributed by atoms with Gasteiger partial charge in [0.15, 0.2) is 5.96 Å². The van der Waals surface area contributed by atoms with Gasteiger partial charge in [0.05, 0.1) is 12.2 Å². The molecule has 1 aliphatic carbocycles. The second kappa shape index (κ2) is 6.34. The zero-order valence-electron chi connectivity index (χ0n) is 15.2. The molecule has 0 bridgehead atoms. The molecule has 3 N–H and O–H groups in total. The molecule has 0 amide bonds. The maximum absolute atomic E-state index is 8.13. The van der Waals surface area contributed by atoms with E-state index in [-0.39, 0.29) is 5.96 Å². The van der Waals surface area contributed by atoms with Gasteiger partial charge in [0.1, 0.15) is 0 Å². The molecule has 3 heteroatoms. The molecular weight excluding hydrogens is 318 g/mol. The van der Waals surface area contributed by atoms with Gasteiger partial charge < -0.3 is 10.6 Å². The first-order valence-corrected chi connectivity index (χ1v) is 8.99. The maximum atomic E-state index is 8.13. The van der Waals surface area contributed by atoms with E-state index in [0.717, 1.165) is 16.8 Å². The van der Waals surface area contributed by atoms with Gasteiger partial charge >= 0.3 is 0 Å². The molecule has 26 heavy (non-hydrogen) atoms. The molecule has 0 atom stereocenters. The smallest absolute Gasteiger partial charge is 0.193 e. The van der Waals surface area contributed by atoms with Crippen molar-refractivity contribution in [3.8, 4) is 0 Å². The third kappa shape index (κ3) is 2.76. The Bertz CT molecular complexity index is 1010. The predicted molar refractivity (Wildman–Crippen MR) is 112 cm³/mol. The largest absolute Gasteiger partial charge is 0.370 e. The van der Waals surface area contributed by atoms with Crippen LogP contribution < -0.4 is 10.6 Å². The Labute approximate surface area is 154 Å². The molecule has 3 nitrogen and oxygen atoms in total. The van der Waals surface area contributed by atoms with Crippen LogP contribution in [0, 0.1) is 5.41 Å². The Hall–Kier alpha value is -3.07. The number of anilines is 1. The molecular formula is C23H23N3. The monoisotopic (exact) mass is 341 g/mol. The van der Waals surface area contributed by atoms with Crippen LogP contribution in [0.4, 0.5) is 5.69 Å². The fourth-order valence-corrected chi connectivity index (χ4v) is 3.63. The number of guanidine groups is 1. The molecule has 0 saturated heterocycles. The van der Waals surface area contributed by atoms with Crippen molar-refractivity contribution in [2.24, 2.45) is 5.73 Å². The molecule has 130 valence electrons. The van der Waals surface area contributed by atoms with E-state index in [0.29, 0.717) is 12.5 Å². The first kappa shape index (κ1) is 16.4. The van der Waals surface area contributed by atoms with Gasteiger partial charge in [-0.1, -0.05) is 74.5 Å². The Kier molecular flexibility index (Phi) is 4.00. The highest BCUT2D eigenvalue weighted by Crippen LogP contribution is 2.38. The molecule has 4 rings (SSSR count). The lowest BCUT2D eigenvalue weighted by Crippen LogP contribution is -2.36. The summed E-state index contributed by atoms with van der Waals surface area (Å²) in [5, 5.41) is 10.6. The molecule has 0 fully saturated rings. The number of nitrogens with one attached hydrogen (secondary N) is 1. The van der Waals surface area contributed by atoms with Crippen molar-refractivity contribution >= 4 is 34.6 Å². The molecule has 3 aromatic rings. The molecule has 0 spiro atoms. The van der Waals surface area contributed by atoms with Gasteiger partial charge in [-0.2, -0.15) is 0 Å². The lowest BCUT2D eigenvalue weighted by molar-refractivity contribution is 0.863. The molecule has 3 aromatic carbocycles. The summed E-state index contributed by atoms with van der Waals surface area (Å²) >= 11 is 0. The van der Waals surface area contributed by atoms with E-state index in [4.69, 9.17) is 11.1 Å². The van der Waals surface area contributed by atoms with Crippen LogP contribution in [0.5, 0.6) is 0 Å². The standard InChI is InChI=1S/C23H23N3/c1-15(2)17-8-6-16(7-9-17)14-26(23(24)25)21-13-11-19-5-3-4-18-10-12-20(21)22(18)19/h3-13,15H,14H2,1-2H3,(H3,24,25). The summed E-state index contributed by atoms with van der Waals surface area (Å²) in [7, 11) is 0. The Balaban J connectivity index is 1.73. The number of nitrogens with zero attached hydrogens (tertiary/aromatic N) is 1. The SMILES string of the molecule is CC(C)c1ccc(CN(C(=N)N)c2ccc3cccc4c3c2C=C4)cc1. The van der Waals surface area contributed by atoms with Gasteiger partial charge in [-0.15, -0.1) is 0 Å². The van der Waals surface area contributed by atoms with Crippen molar-refractivity contribution in [3.05, 3.63) is 76.9 Å². The summed E-state index contributed by atoms with van der Waals surface area (Å²) in [5.74, 6) is 0.573. The molecule has 0 heterocycles. The van der Waals surface area contributed by atoms with Crippen LogP contribution in [0.1, 0.15) is 42.0 Å². The Morgan fingerprint density at radius 2 is 1.77 bits per heavy atom. The minimum atomic E-state index is 0.0614. The summed E-state index contributed by atoms with van der Waals surface area (Å²) in [6, 6.07) is 19.1. The second-order valence-corrected chi connectivity index (χ2v) is 7.14.